The van der Waals surface area contributed by atoms with Crippen LogP contribution in [0.1, 0.15) is 41.1 Å². The van der Waals surface area contributed by atoms with Gasteiger partial charge in [-0.25, -0.2) is 19.0 Å². The topological polar surface area (TPSA) is 85.2 Å². The number of hydrogen-bond acceptors (Lipinski definition) is 4. The van der Waals surface area contributed by atoms with Crippen molar-refractivity contribution in [1.82, 2.24) is 14.9 Å². The molecule has 0 radical (unpaired) electrons. The van der Waals surface area contributed by atoms with E-state index in [2.05, 4.69) is 15.6 Å². The van der Waals surface area contributed by atoms with E-state index < -0.39 is 23.9 Å². The highest BCUT2D eigenvalue weighted by Gasteiger charge is 2.23. The maximum Gasteiger partial charge on any atom is 0.338 e. The zero-order valence-electron chi connectivity index (χ0n) is 16.8. The highest BCUT2D eigenvalue weighted by atomic mass is 19.1. The normalized spacial score (nSPS) is 11.6. The number of aromatic nitrogens is 2. The number of aryl methyl sites for hydroxylation is 1. The minimum Gasteiger partial charge on any atom is -0.462 e. The molecule has 0 fully saturated rings. The molecule has 1 aromatic heterocycles. The predicted molar refractivity (Wildman–Crippen MR) is 111 cm³/mol. The van der Waals surface area contributed by atoms with E-state index in [1.54, 1.807) is 66.5 Å². The van der Waals surface area contributed by atoms with Gasteiger partial charge in [-0.2, -0.15) is 0 Å². The van der Waals surface area contributed by atoms with E-state index in [1.165, 1.54) is 6.07 Å². The van der Waals surface area contributed by atoms with Crippen LogP contribution in [0.25, 0.3) is 0 Å². The average Bonchev–Trinajstić information content (AvgIpc) is 3.17. The summed E-state index contributed by atoms with van der Waals surface area (Å²) in [4.78, 5) is 28.7. The van der Waals surface area contributed by atoms with Crippen LogP contribution in [0.2, 0.25) is 0 Å². The summed E-state index contributed by atoms with van der Waals surface area (Å²) in [5.41, 5.74) is 1.18. The first-order valence-electron chi connectivity index (χ1n) is 9.56. The zero-order chi connectivity index (χ0) is 21.5. The minimum absolute atomic E-state index is 0.302. The van der Waals surface area contributed by atoms with E-state index >= 15 is 0 Å². The predicted octanol–water partition coefficient (Wildman–Crippen LogP) is 4.04. The number of amides is 2. The molecular formula is C22H23FN4O3. The second kappa shape index (κ2) is 9.69. The Bertz CT molecular complexity index is 1020. The maximum absolute atomic E-state index is 14.4. The van der Waals surface area contributed by atoms with Crippen molar-refractivity contribution < 1.29 is 18.7 Å². The molecule has 0 aliphatic rings. The number of rotatable bonds is 7. The lowest BCUT2D eigenvalue weighted by atomic mass is 10.1. The van der Waals surface area contributed by atoms with Crippen LogP contribution in [-0.2, 0) is 11.8 Å². The Labute approximate surface area is 173 Å². The minimum atomic E-state index is -0.783. The van der Waals surface area contributed by atoms with E-state index in [1.807, 2.05) is 6.92 Å². The molecule has 2 N–H and O–H groups in total. The third-order valence-electron chi connectivity index (χ3n) is 4.42. The van der Waals surface area contributed by atoms with Crippen molar-refractivity contribution >= 4 is 17.7 Å². The summed E-state index contributed by atoms with van der Waals surface area (Å²) < 4.78 is 21.2. The first-order valence-corrected chi connectivity index (χ1v) is 9.56. The molecule has 3 aromatic rings. The number of hydrogen-bond donors (Lipinski definition) is 2. The summed E-state index contributed by atoms with van der Waals surface area (Å²) in [6, 6.07) is 11.2. The fraction of sp³-hybridized carbons (Fsp3) is 0.227. The molecule has 0 saturated carbocycles. The number of halogens is 1. The summed E-state index contributed by atoms with van der Waals surface area (Å²) in [5.74, 6) is -0.368. The molecule has 0 saturated heterocycles. The Balaban J connectivity index is 1.73. The van der Waals surface area contributed by atoms with Gasteiger partial charge in [-0.15, -0.1) is 0 Å². The van der Waals surface area contributed by atoms with E-state index in [0.717, 1.165) is 6.42 Å². The molecule has 1 atom stereocenters. The molecule has 3 rings (SSSR count). The third-order valence-corrected chi connectivity index (χ3v) is 4.42. The molecule has 0 aliphatic heterocycles. The Morgan fingerprint density at radius 1 is 1.17 bits per heavy atom. The number of urea groups is 1. The van der Waals surface area contributed by atoms with Gasteiger partial charge in [0.05, 0.1) is 12.2 Å². The fourth-order valence-electron chi connectivity index (χ4n) is 2.91. The van der Waals surface area contributed by atoms with Crippen molar-refractivity contribution in [2.75, 3.05) is 11.9 Å². The van der Waals surface area contributed by atoms with Crippen molar-refractivity contribution in [3.05, 3.63) is 83.7 Å². The van der Waals surface area contributed by atoms with Gasteiger partial charge in [-0.3, -0.25) is 0 Å². The average molecular weight is 410 g/mol. The summed E-state index contributed by atoms with van der Waals surface area (Å²) in [6.45, 7) is 2.27. The lowest BCUT2D eigenvalue weighted by Crippen LogP contribution is -2.35. The van der Waals surface area contributed by atoms with E-state index in [4.69, 9.17) is 4.74 Å². The summed E-state index contributed by atoms with van der Waals surface area (Å²) in [6.07, 6.45) is 4.04. The SMILES string of the molecule is CCCOC(=O)c1ccc(NC(=O)NC(c2ccccc2F)c2nccn2C)cc1. The number of anilines is 1. The quantitative estimate of drug-likeness (QED) is 0.576. The lowest BCUT2D eigenvalue weighted by Gasteiger charge is -2.20. The number of nitrogens with zero attached hydrogens (tertiary/aromatic N) is 2. The van der Waals surface area contributed by atoms with Crippen molar-refractivity contribution in [3.8, 4) is 0 Å². The van der Waals surface area contributed by atoms with Gasteiger partial charge in [-0.05, 0) is 36.8 Å². The third kappa shape index (κ3) is 5.02. The zero-order valence-corrected chi connectivity index (χ0v) is 16.8. The molecule has 0 spiro atoms. The molecule has 1 unspecified atom stereocenters. The van der Waals surface area contributed by atoms with Crippen molar-refractivity contribution in [2.45, 2.75) is 19.4 Å². The Kier molecular flexibility index (Phi) is 6.79. The molecule has 2 aromatic carbocycles. The Morgan fingerprint density at radius 2 is 1.90 bits per heavy atom. The number of nitrogens with one attached hydrogen (secondary N) is 2. The smallest absolute Gasteiger partial charge is 0.338 e. The van der Waals surface area contributed by atoms with Crippen molar-refractivity contribution in [3.63, 3.8) is 0 Å². The van der Waals surface area contributed by atoms with Crippen LogP contribution >= 0.6 is 0 Å². The number of carbonyl (C=O) groups is 2. The highest BCUT2D eigenvalue weighted by molar-refractivity contribution is 5.92. The van der Waals surface area contributed by atoms with Gasteiger partial charge in [0, 0.05) is 30.7 Å². The highest BCUT2D eigenvalue weighted by Crippen LogP contribution is 2.23. The van der Waals surface area contributed by atoms with Gasteiger partial charge in [0.2, 0.25) is 0 Å². The van der Waals surface area contributed by atoms with Crippen LogP contribution < -0.4 is 10.6 Å². The van der Waals surface area contributed by atoms with Gasteiger partial charge in [0.15, 0.2) is 0 Å². The first kappa shape index (κ1) is 21.0. The molecule has 1 heterocycles. The largest absolute Gasteiger partial charge is 0.462 e. The van der Waals surface area contributed by atoms with E-state index in [-0.39, 0.29) is 0 Å². The lowest BCUT2D eigenvalue weighted by molar-refractivity contribution is 0.0505. The van der Waals surface area contributed by atoms with Crippen molar-refractivity contribution in [2.24, 2.45) is 7.05 Å². The molecular weight excluding hydrogens is 387 g/mol. The van der Waals surface area contributed by atoms with Crippen LogP contribution in [-0.4, -0.2) is 28.2 Å². The molecule has 8 heteroatoms. The van der Waals surface area contributed by atoms with Crippen LogP contribution in [0.15, 0.2) is 60.9 Å². The second-order valence-electron chi connectivity index (χ2n) is 6.66. The van der Waals surface area contributed by atoms with Crippen LogP contribution in [0, 0.1) is 5.82 Å². The van der Waals surface area contributed by atoms with Crippen LogP contribution in [0.4, 0.5) is 14.9 Å². The molecule has 7 nitrogen and oxygen atoms in total. The Morgan fingerprint density at radius 3 is 2.53 bits per heavy atom. The first-order chi connectivity index (χ1) is 14.5. The summed E-state index contributed by atoms with van der Waals surface area (Å²) >= 11 is 0. The Hall–Kier alpha value is -3.68. The second-order valence-corrected chi connectivity index (χ2v) is 6.66. The summed E-state index contributed by atoms with van der Waals surface area (Å²) in [7, 11) is 1.77. The van der Waals surface area contributed by atoms with Gasteiger partial charge < -0.3 is 19.9 Å². The fourth-order valence-corrected chi connectivity index (χ4v) is 2.91. The van der Waals surface area contributed by atoms with Crippen LogP contribution in [0.3, 0.4) is 0 Å². The van der Waals surface area contributed by atoms with Crippen LogP contribution in [0.5, 0.6) is 0 Å². The molecule has 30 heavy (non-hydrogen) atoms. The van der Waals surface area contributed by atoms with Crippen molar-refractivity contribution in [1.29, 1.82) is 0 Å². The number of esters is 1. The van der Waals surface area contributed by atoms with E-state index in [9.17, 15) is 14.0 Å². The maximum atomic E-state index is 14.4. The molecule has 0 bridgehead atoms. The van der Waals surface area contributed by atoms with E-state index in [0.29, 0.717) is 29.2 Å². The number of ether oxygens (including phenoxy) is 1. The molecule has 2 amide bonds. The summed E-state index contributed by atoms with van der Waals surface area (Å²) in [5, 5.41) is 5.46. The standard InChI is InChI=1S/C22H23FN4O3/c1-3-14-30-21(28)15-8-10-16(11-9-15)25-22(29)26-19(20-24-12-13-27(20)2)17-6-4-5-7-18(17)23/h4-13,19H,3,14H2,1-2H3,(H2,25,26,29). The number of benzene rings is 2. The van der Waals surface area contributed by atoms with Gasteiger partial charge in [0.1, 0.15) is 17.7 Å². The van der Waals surface area contributed by atoms with Gasteiger partial charge in [-0.1, -0.05) is 25.1 Å². The van der Waals surface area contributed by atoms with Gasteiger partial charge >= 0.3 is 12.0 Å². The number of imidazole rings is 1. The van der Waals surface area contributed by atoms with Gasteiger partial charge in [0.25, 0.3) is 0 Å². The monoisotopic (exact) mass is 410 g/mol. The molecule has 156 valence electrons. The molecule has 0 aliphatic carbocycles. The number of carbonyl (C=O) groups excluding carboxylic acids is 2.